The first-order valence-electron chi connectivity index (χ1n) is 6.17. The van der Waals surface area contributed by atoms with Gasteiger partial charge in [0.2, 0.25) is 0 Å². The summed E-state index contributed by atoms with van der Waals surface area (Å²) >= 11 is 0. The summed E-state index contributed by atoms with van der Waals surface area (Å²) in [6.07, 6.45) is 7.37. The van der Waals surface area contributed by atoms with Crippen molar-refractivity contribution in [3.05, 3.63) is 18.0 Å². The van der Waals surface area contributed by atoms with Gasteiger partial charge in [0.25, 0.3) is 0 Å². The molecule has 1 fully saturated rings. The fourth-order valence-electron chi connectivity index (χ4n) is 2.16. The van der Waals surface area contributed by atoms with Crippen molar-refractivity contribution in [2.75, 3.05) is 13.7 Å². The van der Waals surface area contributed by atoms with Gasteiger partial charge in [0, 0.05) is 25.9 Å². The zero-order valence-electron chi connectivity index (χ0n) is 9.98. The summed E-state index contributed by atoms with van der Waals surface area (Å²) < 4.78 is 7.62. The van der Waals surface area contributed by atoms with Crippen molar-refractivity contribution in [1.29, 1.82) is 0 Å². The number of hydrogen-bond acceptors (Lipinski definition) is 3. The number of rotatable bonds is 6. The highest BCUT2D eigenvalue weighted by molar-refractivity contribution is 4.98. The van der Waals surface area contributed by atoms with E-state index in [2.05, 4.69) is 22.7 Å². The number of aromatic nitrogens is 2. The third kappa shape index (κ3) is 3.32. The smallest absolute Gasteiger partial charge is 0.0762 e. The van der Waals surface area contributed by atoms with Crippen molar-refractivity contribution in [2.24, 2.45) is 0 Å². The minimum absolute atomic E-state index is 0.507. The monoisotopic (exact) mass is 223 g/mol. The molecule has 0 amide bonds. The van der Waals surface area contributed by atoms with Gasteiger partial charge in [-0.3, -0.25) is 4.68 Å². The highest BCUT2D eigenvalue weighted by Gasteiger charge is 2.14. The molecule has 16 heavy (non-hydrogen) atoms. The van der Waals surface area contributed by atoms with Crippen LogP contribution >= 0.6 is 0 Å². The van der Waals surface area contributed by atoms with Crippen LogP contribution in [0.3, 0.4) is 0 Å². The lowest BCUT2D eigenvalue weighted by atomic mass is 10.1. The number of ether oxygens (including phenoxy) is 1. The molecule has 0 saturated carbocycles. The molecular formula is C12H21N3O. The lowest BCUT2D eigenvalue weighted by Gasteiger charge is -2.08. The van der Waals surface area contributed by atoms with Gasteiger partial charge in [-0.25, -0.2) is 0 Å². The molecule has 0 aromatic carbocycles. The first-order valence-corrected chi connectivity index (χ1v) is 6.17. The Kier molecular flexibility index (Phi) is 4.36. The standard InChI is InChI=1S/C12H21N3O/c1-13-10-11-6-8-15(14-11)7-2-4-12-5-3-9-16-12/h6,8,12-13H,2-5,7,9-10H2,1H3. The van der Waals surface area contributed by atoms with E-state index in [4.69, 9.17) is 4.74 Å². The van der Waals surface area contributed by atoms with E-state index in [9.17, 15) is 0 Å². The van der Waals surface area contributed by atoms with E-state index < -0.39 is 0 Å². The fourth-order valence-corrected chi connectivity index (χ4v) is 2.16. The minimum Gasteiger partial charge on any atom is -0.378 e. The number of nitrogens with zero attached hydrogens (tertiary/aromatic N) is 2. The predicted molar refractivity (Wildman–Crippen MR) is 63.2 cm³/mol. The molecule has 2 heterocycles. The summed E-state index contributed by atoms with van der Waals surface area (Å²) in [6, 6.07) is 2.07. The van der Waals surface area contributed by atoms with Crippen LogP contribution in [0, 0.1) is 0 Å². The summed E-state index contributed by atoms with van der Waals surface area (Å²) in [5, 5.41) is 7.58. The van der Waals surface area contributed by atoms with Gasteiger partial charge >= 0.3 is 0 Å². The molecule has 0 aliphatic carbocycles. The van der Waals surface area contributed by atoms with E-state index in [-0.39, 0.29) is 0 Å². The lowest BCUT2D eigenvalue weighted by Crippen LogP contribution is -2.09. The summed E-state index contributed by atoms with van der Waals surface area (Å²) in [5.41, 5.74) is 1.11. The van der Waals surface area contributed by atoms with Gasteiger partial charge in [0.1, 0.15) is 0 Å². The van der Waals surface area contributed by atoms with Crippen molar-refractivity contribution in [3.63, 3.8) is 0 Å². The third-order valence-corrected chi connectivity index (χ3v) is 2.99. The number of hydrogen-bond donors (Lipinski definition) is 1. The van der Waals surface area contributed by atoms with E-state index in [1.54, 1.807) is 0 Å². The normalized spacial score (nSPS) is 20.4. The summed E-state index contributed by atoms with van der Waals surface area (Å²) in [4.78, 5) is 0. The first kappa shape index (κ1) is 11.6. The van der Waals surface area contributed by atoms with Crippen molar-refractivity contribution in [2.45, 2.75) is 44.9 Å². The summed E-state index contributed by atoms with van der Waals surface area (Å²) in [5.74, 6) is 0. The zero-order chi connectivity index (χ0) is 11.2. The van der Waals surface area contributed by atoms with Crippen LogP contribution in [0.5, 0.6) is 0 Å². The van der Waals surface area contributed by atoms with Crippen molar-refractivity contribution in [1.82, 2.24) is 15.1 Å². The van der Waals surface area contributed by atoms with E-state index in [1.165, 1.54) is 19.3 Å². The van der Waals surface area contributed by atoms with Crippen LogP contribution in [0.1, 0.15) is 31.4 Å². The van der Waals surface area contributed by atoms with E-state index in [0.717, 1.165) is 31.8 Å². The van der Waals surface area contributed by atoms with Crippen LogP contribution in [0.2, 0.25) is 0 Å². The van der Waals surface area contributed by atoms with Crippen LogP contribution in [-0.2, 0) is 17.8 Å². The van der Waals surface area contributed by atoms with Gasteiger partial charge in [-0.2, -0.15) is 5.10 Å². The predicted octanol–water partition coefficient (Wildman–Crippen LogP) is 1.56. The summed E-state index contributed by atoms with van der Waals surface area (Å²) in [7, 11) is 1.94. The molecule has 1 aliphatic rings. The molecule has 1 unspecified atom stereocenters. The average Bonchev–Trinajstić information content (AvgIpc) is 2.90. The van der Waals surface area contributed by atoms with Crippen LogP contribution < -0.4 is 5.32 Å². The Morgan fingerprint density at radius 1 is 1.62 bits per heavy atom. The maximum atomic E-state index is 5.59. The van der Waals surface area contributed by atoms with E-state index in [0.29, 0.717) is 6.10 Å². The molecule has 1 N–H and O–H groups in total. The molecule has 1 aliphatic heterocycles. The molecule has 4 nitrogen and oxygen atoms in total. The largest absolute Gasteiger partial charge is 0.378 e. The second kappa shape index (κ2) is 6.01. The first-order chi connectivity index (χ1) is 7.88. The molecular weight excluding hydrogens is 202 g/mol. The molecule has 0 radical (unpaired) electrons. The Morgan fingerprint density at radius 3 is 3.31 bits per heavy atom. The topological polar surface area (TPSA) is 39.1 Å². The van der Waals surface area contributed by atoms with Crippen molar-refractivity contribution >= 4 is 0 Å². The Morgan fingerprint density at radius 2 is 2.56 bits per heavy atom. The summed E-state index contributed by atoms with van der Waals surface area (Å²) in [6.45, 7) is 2.81. The number of aryl methyl sites for hydroxylation is 1. The molecule has 0 spiro atoms. The van der Waals surface area contributed by atoms with Gasteiger partial charge < -0.3 is 10.1 Å². The SMILES string of the molecule is CNCc1ccn(CCCC2CCCO2)n1. The van der Waals surface area contributed by atoms with Crippen LogP contribution in [0.25, 0.3) is 0 Å². The van der Waals surface area contributed by atoms with E-state index >= 15 is 0 Å². The fraction of sp³-hybridized carbons (Fsp3) is 0.750. The molecule has 2 rings (SSSR count). The molecule has 0 bridgehead atoms. The van der Waals surface area contributed by atoms with Crippen LogP contribution in [0.4, 0.5) is 0 Å². The van der Waals surface area contributed by atoms with Crippen molar-refractivity contribution < 1.29 is 4.74 Å². The molecule has 1 aromatic rings. The Balaban J connectivity index is 1.67. The maximum absolute atomic E-state index is 5.59. The van der Waals surface area contributed by atoms with E-state index in [1.807, 2.05) is 11.7 Å². The molecule has 4 heteroatoms. The second-order valence-electron chi connectivity index (χ2n) is 4.38. The molecule has 1 atom stereocenters. The number of nitrogens with one attached hydrogen (secondary N) is 1. The lowest BCUT2D eigenvalue weighted by molar-refractivity contribution is 0.101. The van der Waals surface area contributed by atoms with Crippen LogP contribution in [0.15, 0.2) is 12.3 Å². The van der Waals surface area contributed by atoms with Crippen molar-refractivity contribution in [3.8, 4) is 0 Å². The van der Waals surface area contributed by atoms with Gasteiger partial charge in [0.15, 0.2) is 0 Å². The second-order valence-corrected chi connectivity index (χ2v) is 4.38. The van der Waals surface area contributed by atoms with Gasteiger partial charge in [0.05, 0.1) is 11.8 Å². The molecule has 1 saturated heterocycles. The minimum atomic E-state index is 0.507. The van der Waals surface area contributed by atoms with Crippen LogP contribution in [-0.4, -0.2) is 29.5 Å². The highest BCUT2D eigenvalue weighted by Crippen LogP contribution is 2.17. The maximum Gasteiger partial charge on any atom is 0.0762 e. The van der Waals surface area contributed by atoms with Gasteiger partial charge in [-0.15, -0.1) is 0 Å². The van der Waals surface area contributed by atoms with Gasteiger partial charge in [-0.05, 0) is 38.8 Å². The molecule has 90 valence electrons. The van der Waals surface area contributed by atoms with Gasteiger partial charge in [-0.1, -0.05) is 0 Å². The zero-order valence-corrected chi connectivity index (χ0v) is 9.98. The highest BCUT2D eigenvalue weighted by atomic mass is 16.5. The Bertz CT molecular complexity index is 305. The quantitative estimate of drug-likeness (QED) is 0.795. The third-order valence-electron chi connectivity index (χ3n) is 2.99. The Labute approximate surface area is 97.0 Å². The average molecular weight is 223 g/mol. The Hall–Kier alpha value is -0.870. The molecule has 1 aromatic heterocycles.